The van der Waals surface area contributed by atoms with E-state index in [9.17, 15) is 4.79 Å². The Bertz CT molecular complexity index is 896. The summed E-state index contributed by atoms with van der Waals surface area (Å²) in [4.78, 5) is 16.4. The first-order valence-corrected chi connectivity index (χ1v) is 10.7. The smallest absolute Gasteiger partial charge is 0.227 e. The average molecular weight is 425 g/mol. The maximum atomic E-state index is 12.2. The molecule has 3 N–H and O–H groups in total. The topological polar surface area (TPSA) is 84.0 Å². The Morgan fingerprint density at radius 1 is 1.13 bits per heavy atom. The number of benzene rings is 2. The molecule has 7 nitrogen and oxygen atoms in total. The molecule has 0 radical (unpaired) electrons. The molecule has 0 spiro atoms. The van der Waals surface area contributed by atoms with Gasteiger partial charge in [-0.25, -0.2) is 0 Å². The van der Waals surface area contributed by atoms with Crippen LogP contribution in [0, 0.1) is 5.92 Å². The van der Waals surface area contributed by atoms with Gasteiger partial charge in [0.1, 0.15) is 6.10 Å². The van der Waals surface area contributed by atoms with Crippen LogP contribution in [0.25, 0.3) is 0 Å². The van der Waals surface area contributed by atoms with Crippen LogP contribution < -0.4 is 25.4 Å². The van der Waals surface area contributed by atoms with Crippen molar-refractivity contribution in [3.05, 3.63) is 54.1 Å². The van der Waals surface area contributed by atoms with Crippen molar-refractivity contribution in [3.8, 4) is 11.5 Å². The molecule has 166 valence electrons. The second-order valence-electron chi connectivity index (χ2n) is 7.70. The van der Waals surface area contributed by atoms with Crippen LogP contribution in [0.15, 0.2) is 53.5 Å². The number of carbonyl (C=O) groups excluding carboxylic acids is 1. The van der Waals surface area contributed by atoms with Crippen molar-refractivity contribution in [1.29, 1.82) is 0 Å². The van der Waals surface area contributed by atoms with Crippen molar-refractivity contribution in [1.82, 2.24) is 10.6 Å². The summed E-state index contributed by atoms with van der Waals surface area (Å²) in [5.74, 6) is 2.39. The molecule has 7 heteroatoms. The van der Waals surface area contributed by atoms with Crippen molar-refractivity contribution in [3.63, 3.8) is 0 Å². The predicted molar refractivity (Wildman–Crippen MR) is 124 cm³/mol. The summed E-state index contributed by atoms with van der Waals surface area (Å²) in [6.07, 6.45) is 3.05. The molecular weight excluding hydrogens is 392 g/mol. The monoisotopic (exact) mass is 424 g/mol. The van der Waals surface area contributed by atoms with Gasteiger partial charge in [-0.1, -0.05) is 30.7 Å². The lowest BCUT2D eigenvalue weighted by Gasteiger charge is -2.24. The minimum absolute atomic E-state index is 0.0834. The fraction of sp³-hybridized carbons (Fsp3) is 0.417. The first kappa shape index (κ1) is 22.5. The number of nitrogens with one attached hydrogen (secondary N) is 3. The summed E-state index contributed by atoms with van der Waals surface area (Å²) in [7, 11) is 3.36. The Morgan fingerprint density at radius 2 is 1.90 bits per heavy atom. The van der Waals surface area contributed by atoms with Gasteiger partial charge in [0.25, 0.3) is 0 Å². The SMILES string of the molecule is CN=C(NCc1cccc(NC(=O)C2CCC2)c1)NCC(C)Oc1ccccc1OC. The number of hydrogen-bond acceptors (Lipinski definition) is 4. The molecule has 3 rings (SSSR count). The molecule has 1 unspecified atom stereocenters. The number of hydrogen-bond donors (Lipinski definition) is 3. The second-order valence-corrected chi connectivity index (χ2v) is 7.70. The van der Waals surface area contributed by atoms with E-state index in [1.807, 2.05) is 55.5 Å². The number of para-hydroxylation sites is 2. The van der Waals surface area contributed by atoms with Crippen LogP contribution in [-0.4, -0.2) is 38.7 Å². The molecular formula is C24H32N4O3. The highest BCUT2D eigenvalue weighted by Gasteiger charge is 2.25. The van der Waals surface area contributed by atoms with Gasteiger partial charge in [-0.15, -0.1) is 0 Å². The van der Waals surface area contributed by atoms with Gasteiger partial charge in [0, 0.05) is 25.2 Å². The molecule has 1 saturated carbocycles. The Morgan fingerprint density at radius 3 is 2.58 bits per heavy atom. The van der Waals surface area contributed by atoms with E-state index < -0.39 is 0 Å². The van der Waals surface area contributed by atoms with Crippen LogP contribution in [0.3, 0.4) is 0 Å². The molecule has 1 fully saturated rings. The fourth-order valence-electron chi connectivity index (χ4n) is 3.30. The zero-order valence-electron chi connectivity index (χ0n) is 18.5. The summed E-state index contributed by atoms with van der Waals surface area (Å²) in [5.41, 5.74) is 1.89. The molecule has 2 aromatic rings. The number of methoxy groups -OCH3 is 1. The zero-order valence-corrected chi connectivity index (χ0v) is 18.5. The van der Waals surface area contributed by atoms with E-state index in [4.69, 9.17) is 9.47 Å². The Labute approximate surface area is 184 Å². The van der Waals surface area contributed by atoms with E-state index in [-0.39, 0.29) is 17.9 Å². The number of guanidine groups is 1. The first-order valence-electron chi connectivity index (χ1n) is 10.7. The van der Waals surface area contributed by atoms with E-state index in [1.54, 1.807) is 14.2 Å². The molecule has 0 aliphatic heterocycles. The van der Waals surface area contributed by atoms with Gasteiger partial charge < -0.3 is 25.4 Å². The normalized spacial score (nSPS) is 14.9. The third-order valence-electron chi connectivity index (χ3n) is 5.31. The highest BCUT2D eigenvalue weighted by molar-refractivity contribution is 5.93. The van der Waals surface area contributed by atoms with Crippen molar-refractivity contribution < 1.29 is 14.3 Å². The van der Waals surface area contributed by atoms with Crippen LogP contribution in [0.5, 0.6) is 11.5 Å². The third kappa shape index (κ3) is 6.64. The van der Waals surface area contributed by atoms with Gasteiger partial charge in [-0.3, -0.25) is 9.79 Å². The maximum absolute atomic E-state index is 12.2. The highest BCUT2D eigenvalue weighted by Crippen LogP contribution is 2.28. The molecule has 0 aromatic heterocycles. The average Bonchev–Trinajstić information content (AvgIpc) is 2.73. The number of anilines is 1. The van der Waals surface area contributed by atoms with E-state index >= 15 is 0 Å². The molecule has 0 bridgehead atoms. The van der Waals surface area contributed by atoms with Crippen molar-refractivity contribution in [2.24, 2.45) is 10.9 Å². The summed E-state index contributed by atoms with van der Waals surface area (Å²) in [5, 5.41) is 9.60. The van der Waals surface area contributed by atoms with Gasteiger partial charge in [0.2, 0.25) is 5.91 Å². The first-order chi connectivity index (χ1) is 15.1. The summed E-state index contributed by atoms with van der Waals surface area (Å²) in [6.45, 7) is 3.16. The number of nitrogens with zero attached hydrogens (tertiary/aromatic N) is 1. The van der Waals surface area contributed by atoms with Crippen LogP contribution in [0.4, 0.5) is 5.69 Å². The lowest BCUT2D eigenvalue weighted by molar-refractivity contribution is -0.122. The van der Waals surface area contributed by atoms with E-state index in [0.717, 1.165) is 30.5 Å². The fourth-order valence-corrected chi connectivity index (χ4v) is 3.30. The van der Waals surface area contributed by atoms with E-state index in [1.165, 1.54) is 0 Å². The van der Waals surface area contributed by atoms with Crippen molar-refractivity contribution >= 4 is 17.6 Å². The van der Waals surface area contributed by atoms with Crippen LogP contribution in [-0.2, 0) is 11.3 Å². The Kier molecular flexibility index (Phi) is 8.15. The van der Waals surface area contributed by atoms with Crippen molar-refractivity contribution in [2.75, 3.05) is 26.0 Å². The quantitative estimate of drug-likeness (QED) is 0.423. The second kappa shape index (κ2) is 11.2. The number of rotatable bonds is 9. The summed E-state index contributed by atoms with van der Waals surface area (Å²) in [6, 6.07) is 15.5. The van der Waals surface area contributed by atoms with Gasteiger partial charge in [-0.05, 0) is 49.6 Å². The van der Waals surface area contributed by atoms with E-state index in [2.05, 4.69) is 20.9 Å². The van der Waals surface area contributed by atoms with Gasteiger partial charge >= 0.3 is 0 Å². The molecule has 0 heterocycles. The van der Waals surface area contributed by atoms with Crippen LogP contribution in [0.1, 0.15) is 31.7 Å². The number of amides is 1. The molecule has 2 aromatic carbocycles. The van der Waals surface area contributed by atoms with Gasteiger partial charge in [-0.2, -0.15) is 0 Å². The predicted octanol–water partition coefficient (Wildman–Crippen LogP) is 3.57. The van der Waals surface area contributed by atoms with E-state index in [0.29, 0.717) is 30.5 Å². The molecule has 1 aliphatic carbocycles. The molecule has 31 heavy (non-hydrogen) atoms. The summed E-state index contributed by atoms with van der Waals surface area (Å²) < 4.78 is 11.3. The number of aliphatic imine (C=N–C) groups is 1. The van der Waals surface area contributed by atoms with Gasteiger partial charge in [0.05, 0.1) is 13.7 Å². The third-order valence-corrected chi connectivity index (χ3v) is 5.31. The standard InChI is InChI=1S/C24H32N4O3/c1-17(31-22-13-5-4-12-21(22)30-3)15-26-24(25-2)27-16-18-8-6-11-20(14-18)28-23(29)19-9-7-10-19/h4-6,8,11-14,17,19H,7,9-10,15-16H2,1-3H3,(H,28,29)(H2,25,26,27). The Hall–Kier alpha value is -3.22. The lowest BCUT2D eigenvalue weighted by atomic mass is 9.85. The van der Waals surface area contributed by atoms with Crippen molar-refractivity contribution in [2.45, 2.75) is 38.8 Å². The van der Waals surface area contributed by atoms with Gasteiger partial charge in [0.15, 0.2) is 17.5 Å². The molecule has 1 aliphatic rings. The molecule has 1 amide bonds. The molecule has 0 saturated heterocycles. The number of ether oxygens (including phenoxy) is 2. The maximum Gasteiger partial charge on any atom is 0.227 e. The molecule has 1 atom stereocenters. The van der Waals surface area contributed by atoms with Crippen LogP contribution >= 0.6 is 0 Å². The minimum Gasteiger partial charge on any atom is -0.493 e. The highest BCUT2D eigenvalue weighted by atomic mass is 16.5. The number of carbonyl (C=O) groups is 1. The zero-order chi connectivity index (χ0) is 22.1. The minimum atomic E-state index is -0.0834. The Balaban J connectivity index is 1.45. The lowest BCUT2D eigenvalue weighted by Crippen LogP contribution is -2.41. The van der Waals surface area contributed by atoms with Crippen LogP contribution in [0.2, 0.25) is 0 Å². The largest absolute Gasteiger partial charge is 0.493 e. The summed E-state index contributed by atoms with van der Waals surface area (Å²) >= 11 is 0.